The standard InChI is InChI=1S/C38H37N3O3S/c1-6-39-45(42,43)36-18-12-8-14-30(36)37-28-21-19-26(40-32-16-10-7-13-25(32)2)23-34(28)44-35-24-27(20-22-29(35)37)41-33-17-11-9-15-31(33)38(3,4)5/h7-24,39,41H,6H2,1-5H3. The molecule has 0 atom stereocenters. The molecular formula is C38H37N3O3S. The second-order valence-electron chi connectivity index (χ2n) is 12.2. The van der Waals surface area contributed by atoms with Crippen LogP contribution >= 0.6 is 0 Å². The second kappa shape index (κ2) is 12.0. The summed E-state index contributed by atoms with van der Waals surface area (Å²) >= 11 is 0. The number of hydrogen-bond acceptors (Lipinski definition) is 5. The lowest BCUT2D eigenvalue weighted by atomic mass is 9.86. The molecule has 2 N–H and O–H groups in total. The van der Waals surface area contributed by atoms with E-state index >= 15 is 0 Å². The van der Waals surface area contributed by atoms with Crippen LogP contribution in [0.15, 0.2) is 123 Å². The minimum atomic E-state index is -3.76. The van der Waals surface area contributed by atoms with Gasteiger partial charge in [0.2, 0.25) is 10.0 Å². The Kier molecular flexibility index (Phi) is 8.08. The van der Waals surface area contributed by atoms with Crippen LogP contribution in [-0.2, 0) is 15.4 Å². The van der Waals surface area contributed by atoms with Gasteiger partial charge in [0, 0.05) is 52.1 Å². The summed E-state index contributed by atoms with van der Waals surface area (Å²) in [6, 6.07) is 35.2. The Bertz CT molecular complexity index is 2180. The molecular weight excluding hydrogens is 579 g/mol. The van der Waals surface area contributed by atoms with E-state index in [1.165, 1.54) is 5.56 Å². The molecule has 1 heterocycles. The minimum absolute atomic E-state index is 0.0487. The van der Waals surface area contributed by atoms with Crippen molar-refractivity contribution < 1.29 is 12.8 Å². The number of fused-ring (bicyclic) bond motifs is 2. The van der Waals surface area contributed by atoms with Crippen molar-refractivity contribution in [2.24, 2.45) is 4.99 Å². The van der Waals surface area contributed by atoms with E-state index in [4.69, 9.17) is 9.41 Å². The average molecular weight is 616 g/mol. The lowest BCUT2D eigenvalue weighted by Gasteiger charge is -2.23. The van der Waals surface area contributed by atoms with Crippen molar-refractivity contribution in [3.8, 4) is 22.5 Å². The topological polar surface area (TPSA) is 83.7 Å². The van der Waals surface area contributed by atoms with Gasteiger partial charge in [-0.1, -0.05) is 82.3 Å². The average Bonchev–Trinajstić information content (AvgIpc) is 3.01. The molecule has 2 aliphatic rings. The zero-order valence-corrected chi connectivity index (χ0v) is 27.0. The van der Waals surface area contributed by atoms with E-state index in [1.807, 2.05) is 85.8 Å². The van der Waals surface area contributed by atoms with Gasteiger partial charge in [-0.05, 0) is 65.9 Å². The van der Waals surface area contributed by atoms with Gasteiger partial charge in [0.15, 0.2) is 0 Å². The Labute approximate surface area is 264 Å². The summed E-state index contributed by atoms with van der Waals surface area (Å²) in [5.41, 5.74) is 7.79. The summed E-state index contributed by atoms with van der Waals surface area (Å²) in [7, 11) is -3.76. The number of rotatable bonds is 7. The number of sulfonamides is 1. The third-order valence-corrected chi connectivity index (χ3v) is 9.47. The Morgan fingerprint density at radius 1 is 0.800 bits per heavy atom. The summed E-state index contributed by atoms with van der Waals surface area (Å²) in [4.78, 5) is 5.10. The molecule has 4 aromatic rings. The molecule has 6 rings (SSSR count). The summed E-state index contributed by atoms with van der Waals surface area (Å²) in [5.74, 6) is 0.607. The number of para-hydroxylation sites is 2. The van der Waals surface area contributed by atoms with Gasteiger partial charge < -0.3 is 9.73 Å². The van der Waals surface area contributed by atoms with Gasteiger partial charge in [-0.15, -0.1) is 0 Å². The molecule has 1 aliphatic heterocycles. The lowest BCUT2D eigenvalue weighted by Crippen LogP contribution is -2.23. The largest absolute Gasteiger partial charge is 0.456 e. The molecule has 1 aliphatic carbocycles. The van der Waals surface area contributed by atoms with Crippen LogP contribution in [-0.4, -0.2) is 15.0 Å². The molecule has 0 saturated carbocycles. The maximum Gasteiger partial charge on any atom is 0.241 e. The number of aryl methyl sites for hydroxylation is 1. The highest BCUT2D eigenvalue weighted by atomic mass is 32.2. The Morgan fingerprint density at radius 3 is 2.31 bits per heavy atom. The summed E-state index contributed by atoms with van der Waals surface area (Å²) in [6.07, 6.45) is 0. The predicted octanol–water partition coefficient (Wildman–Crippen LogP) is 9.08. The van der Waals surface area contributed by atoms with Gasteiger partial charge in [0.05, 0.1) is 15.9 Å². The molecule has 45 heavy (non-hydrogen) atoms. The molecule has 0 unspecified atom stereocenters. The van der Waals surface area contributed by atoms with Crippen LogP contribution in [0, 0.1) is 6.92 Å². The lowest BCUT2D eigenvalue weighted by molar-refractivity contribution is 0.584. The number of benzene rings is 5. The molecule has 0 spiro atoms. The Balaban J connectivity index is 1.61. The SMILES string of the molecule is CCNS(=O)(=O)c1ccccc1-c1c2ccc(=Nc3ccccc3C)cc-2oc2cc(Nc3ccccc3C(C)(C)C)ccc12. The monoisotopic (exact) mass is 615 g/mol. The van der Waals surface area contributed by atoms with E-state index in [1.54, 1.807) is 19.1 Å². The van der Waals surface area contributed by atoms with Crippen molar-refractivity contribution in [2.45, 2.75) is 44.9 Å². The highest BCUT2D eigenvalue weighted by Gasteiger charge is 2.24. The van der Waals surface area contributed by atoms with Crippen molar-refractivity contribution in [1.29, 1.82) is 0 Å². The van der Waals surface area contributed by atoms with Crippen molar-refractivity contribution in [3.05, 3.63) is 126 Å². The highest BCUT2D eigenvalue weighted by Crippen LogP contribution is 2.43. The number of nitrogens with one attached hydrogen (secondary N) is 2. The van der Waals surface area contributed by atoms with Gasteiger partial charge in [-0.3, -0.25) is 0 Å². The van der Waals surface area contributed by atoms with E-state index in [-0.39, 0.29) is 16.9 Å². The summed E-state index contributed by atoms with van der Waals surface area (Å²) in [6.45, 7) is 10.7. The Morgan fingerprint density at radius 2 is 1.53 bits per heavy atom. The number of nitrogens with zero attached hydrogens (tertiary/aromatic N) is 1. The molecule has 6 nitrogen and oxygen atoms in total. The Hall–Kier alpha value is -4.72. The second-order valence-corrected chi connectivity index (χ2v) is 13.9. The van der Waals surface area contributed by atoms with Crippen LogP contribution in [0.5, 0.6) is 0 Å². The molecule has 7 heteroatoms. The van der Waals surface area contributed by atoms with Gasteiger partial charge in [-0.2, -0.15) is 0 Å². The summed E-state index contributed by atoms with van der Waals surface area (Å²) < 4.78 is 36.1. The zero-order chi connectivity index (χ0) is 31.8. The van der Waals surface area contributed by atoms with Crippen LogP contribution in [0.2, 0.25) is 0 Å². The van der Waals surface area contributed by atoms with Crippen molar-refractivity contribution >= 4 is 38.1 Å². The van der Waals surface area contributed by atoms with Crippen LogP contribution in [0.1, 0.15) is 38.8 Å². The first-order valence-corrected chi connectivity index (χ1v) is 16.6. The van der Waals surface area contributed by atoms with Gasteiger partial charge in [0.25, 0.3) is 0 Å². The molecule has 0 radical (unpaired) electrons. The van der Waals surface area contributed by atoms with Gasteiger partial charge >= 0.3 is 0 Å². The van der Waals surface area contributed by atoms with Gasteiger partial charge in [0.1, 0.15) is 11.3 Å². The predicted molar refractivity (Wildman–Crippen MR) is 184 cm³/mol. The summed E-state index contributed by atoms with van der Waals surface area (Å²) in [5, 5.41) is 5.15. The van der Waals surface area contributed by atoms with Crippen LogP contribution < -0.4 is 15.4 Å². The van der Waals surface area contributed by atoms with Crippen molar-refractivity contribution in [1.82, 2.24) is 4.72 Å². The van der Waals surface area contributed by atoms with Crippen LogP contribution in [0.3, 0.4) is 0 Å². The number of hydrogen-bond donors (Lipinski definition) is 2. The smallest absolute Gasteiger partial charge is 0.241 e. The van der Waals surface area contributed by atoms with Crippen molar-refractivity contribution in [3.63, 3.8) is 0 Å². The fourth-order valence-electron chi connectivity index (χ4n) is 5.72. The first-order valence-electron chi connectivity index (χ1n) is 15.1. The van der Waals surface area contributed by atoms with E-state index < -0.39 is 10.0 Å². The fourth-order valence-corrected chi connectivity index (χ4v) is 6.97. The van der Waals surface area contributed by atoms with Crippen LogP contribution in [0.4, 0.5) is 17.1 Å². The molecule has 0 bridgehead atoms. The maximum absolute atomic E-state index is 13.4. The molecule has 0 aromatic heterocycles. The normalized spacial score (nSPS) is 12.6. The molecule has 0 amide bonds. The third-order valence-electron chi connectivity index (χ3n) is 7.86. The quantitative estimate of drug-likeness (QED) is 0.176. The van der Waals surface area contributed by atoms with E-state index in [9.17, 15) is 8.42 Å². The molecule has 228 valence electrons. The van der Waals surface area contributed by atoms with E-state index in [0.717, 1.165) is 44.5 Å². The first-order chi connectivity index (χ1) is 21.5. The first kappa shape index (κ1) is 30.3. The minimum Gasteiger partial charge on any atom is -0.456 e. The van der Waals surface area contributed by atoms with Crippen LogP contribution in [0.25, 0.3) is 33.4 Å². The maximum atomic E-state index is 13.4. The van der Waals surface area contributed by atoms with Crippen molar-refractivity contribution in [2.75, 3.05) is 11.9 Å². The molecule has 0 fully saturated rings. The molecule has 4 aromatic carbocycles. The number of anilines is 2. The third kappa shape index (κ3) is 6.14. The fraction of sp³-hybridized carbons (Fsp3) is 0.184. The molecule has 0 saturated heterocycles. The van der Waals surface area contributed by atoms with E-state index in [0.29, 0.717) is 16.9 Å². The van der Waals surface area contributed by atoms with Gasteiger partial charge in [-0.25, -0.2) is 18.1 Å². The zero-order valence-electron chi connectivity index (χ0n) is 26.2. The van der Waals surface area contributed by atoms with E-state index in [2.05, 4.69) is 49.0 Å². The highest BCUT2D eigenvalue weighted by molar-refractivity contribution is 7.89.